The van der Waals surface area contributed by atoms with Crippen molar-refractivity contribution in [1.82, 2.24) is 0 Å². The first-order valence-corrected chi connectivity index (χ1v) is 11.2. The predicted molar refractivity (Wildman–Crippen MR) is 121 cm³/mol. The molecule has 172 valence electrons. The number of hydrogen-bond acceptors (Lipinski definition) is 6. The average Bonchev–Trinajstić information content (AvgIpc) is 2.69. The van der Waals surface area contributed by atoms with Gasteiger partial charge >= 0.3 is 11.6 Å². The summed E-state index contributed by atoms with van der Waals surface area (Å²) in [6, 6.07) is 8.63. The summed E-state index contributed by atoms with van der Waals surface area (Å²) in [5.41, 5.74) is 0.580. The largest absolute Gasteiger partial charge is 0.493 e. The van der Waals surface area contributed by atoms with E-state index < -0.39 is 17.1 Å². The fraction of sp³-hybridized carbons (Fsp3) is 0.538. The summed E-state index contributed by atoms with van der Waals surface area (Å²) in [6.07, 6.45) is 2.69. The van der Waals surface area contributed by atoms with Gasteiger partial charge in [-0.15, -0.1) is 0 Å². The molecule has 0 saturated heterocycles. The molecule has 1 fully saturated rings. The summed E-state index contributed by atoms with van der Waals surface area (Å²) >= 11 is 0. The van der Waals surface area contributed by atoms with Crippen LogP contribution < -0.4 is 10.4 Å². The molecule has 32 heavy (non-hydrogen) atoms. The van der Waals surface area contributed by atoms with Gasteiger partial charge in [-0.1, -0.05) is 26.3 Å². The van der Waals surface area contributed by atoms with Gasteiger partial charge in [0.15, 0.2) is 0 Å². The van der Waals surface area contributed by atoms with Crippen LogP contribution in [0.4, 0.5) is 0 Å². The normalized spacial score (nSPS) is 31.5. The van der Waals surface area contributed by atoms with Gasteiger partial charge in [0.05, 0.1) is 12.7 Å². The Hall–Kier alpha value is -2.60. The molecule has 0 aliphatic heterocycles. The molecule has 2 aliphatic rings. The second-order valence-electron chi connectivity index (χ2n) is 10.2. The van der Waals surface area contributed by atoms with Gasteiger partial charge in [0.25, 0.3) is 0 Å². The van der Waals surface area contributed by atoms with Crippen LogP contribution in [0.1, 0.15) is 47.5 Å². The highest BCUT2D eigenvalue weighted by Crippen LogP contribution is 2.60. The lowest BCUT2D eigenvalue weighted by atomic mass is 9.47. The Bertz CT molecular complexity index is 1110. The second-order valence-corrected chi connectivity index (χ2v) is 10.2. The molecule has 4 rings (SSSR count). The van der Waals surface area contributed by atoms with Crippen LogP contribution in [-0.2, 0) is 9.53 Å². The van der Waals surface area contributed by atoms with E-state index in [1.165, 1.54) is 13.0 Å². The third-order valence-electron chi connectivity index (χ3n) is 7.74. The number of carbonyl (C=O) groups is 1. The average molecular weight is 441 g/mol. The summed E-state index contributed by atoms with van der Waals surface area (Å²) in [4.78, 5) is 23.4. The van der Waals surface area contributed by atoms with Gasteiger partial charge in [-0.25, -0.2) is 4.79 Å². The Morgan fingerprint density at radius 2 is 1.94 bits per heavy atom. The van der Waals surface area contributed by atoms with E-state index in [2.05, 4.69) is 27.7 Å². The summed E-state index contributed by atoms with van der Waals surface area (Å²) in [5, 5.41) is 11.6. The van der Waals surface area contributed by atoms with E-state index in [4.69, 9.17) is 13.9 Å². The molecule has 1 saturated carbocycles. The summed E-state index contributed by atoms with van der Waals surface area (Å²) in [6.45, 7) is 10.3. The number of carbonyl (C=O) groups excluding carboxylic acids is 1. The maximum Gasteiger partial charge on any atom is 0.336 e. The Morgan fingerprint density at radius 3 is 2.66 bits per heavy atom. The van der Waals surface area contributed by atoms with Crippen LogP contribution >= 0.6 is 0 Å². The number of fused-ring (bicyclic) bond motifs is 2. The van der Waals surface area contributed by atoms with Crippen molar-refractivity contribution in [1.29, 1.82) is 0 Å². The quantitative estimate of drug-likeness (QED) is 0.429. The minimum Gasteiger partial charge on any atom is -0.493 e. The Balaban J connectivity index is 1.66. The zero-order valence-electron chi connectivity index (χ0n) is 19.4. The topological polar surface area (TPSA) is 86.0 Å². The molecule has 0 amide bonds. The molecule has 0 spiro atoms. The van der Waals surface area contributed by atoms with Gasteiger partial charge in [0.1, 0.15) is 17.4 Å². The van der Waals surface area contributed by atoms with Gasteiger partial charge in [0.2, 0.25) is 0 Å². The molecule has 1 aromatic carbocycles. The van der Waals surface area contributed by atoms with Crippen molar-refractivity contribution in [3.63, 3.8) is 0 Å². The lowest BCUT2D eigenvalue weighted by Crippen LogP contribution is -2.60. The minimum atomic E-state index is -0.463. The van der Waals surface area contributed by atoms with E-state index in [9.17, 15) is 14.7 Å². The lowest BCUT2D eigenvalue weighted by Gasteiger charge is -2.59. The van der Waals surface area contributed by atoms with Crippen LogP contribution in [0.2, 0.25) is 0 Å². The van der Waals surface area contributed by atoms with Crippen molar-refractivity contribution in [3.8, 4) is 5.75 Å². The summed E-state index contributed by atoms with van der Waals surface area (Å²) in [7, 11) is 0. The standard InChI is InChI=1S/C26H32O6/c1-15-12-21(31-16(2)27)24-25(3,4)22(28)10-11-26(24,5)19(15)14-30-18-8-6-17-7-9-23(29)32-20(17)13-18/h6-9,12-13,19,21-22,24,28H,10-11,14H2,1-5H3. The van der Waals surface area contributed by atoms with Crippen LogP contribution in [-0.4, -0.2) is 29.9 Å². The number of aliphatic hydroxyl groups is 1. The number of aliphatic hydroxyl groups excluding tert-OH is 1. The molecular weight excluding hydrogens is 408 g/mol. The molecule has 2 aliphatic carbocycles. The molecule has 0 radical (unpaired) electrons. The maximum absolute atomic E-state index is 11.8. The van der Waals surface area contributed by atoms with E-state index in [0.717, 1.165) is 17.4 Å². The van der Waals surface area contributed by atoms with E-state index in [-0.39, 0.29) is 29.3 Å². The zero-order valence-corrected chi connectivity index (χ0v) is 19.4. The minimum absolute atomic E-state index is 0.0467. The summed E-state index contributed by atoms with van der Waals surface area (Å²) < 4.78 is 17.2. The third-order valence-corrected chi connectivity index (χ3v) is 7.74. The fourth-order valence-corrected chi connectivity index (χ4v) is 6.14. The smallest absolute Gasteiger partial charge is 0.336 e. The Labute approximate surface area is 188 Å². The van der Waals surface area contributed by atoms with Crippen molar-refractivity contribution in [3.05, 3.63) is 52.4 Å². The predicted octanol–water partition coefficient (Wildman–Crippen LogP) is 4.48. The highest BCUT2D eigenvalue weighted by atomic mass is 16.5. The molecule has 1 N–H and O–H groups in total. The van der Waals surface area contributed by atoms with E-state index >= 15 is 0 Å². The van der Waals surface area contributed by atoms with E-state index in [1.807, 2.05) is 18.2 Å². The SMILES string of the molecule is CC(=O)OC1C=C(C)C(COc2ccc3ccc(=O)oc3c2)C2(C)CCC(O)C(C)(C)C12. The van der Waals surface area contributed by atoms with E-state index in [0.29, 0.717) is 24.4 Å². The van der Waals surface area contributed by atoms with Crippen molar-refractivity contribution in [2.24, 2.45) is 22.7 Å². The first-order valence-electron chi connectivity index (χ1n) is 11.2. The number of rotatable bonds is 4. The lowest BCUT2D eigenvalue weighted by molar-refractivity contribution is -0.178. The first kappa shape index (κ1) is 22.6. The molecule has 1 aromatic heterocycles. The molecule has 0 bridgehead atoms. The van der Waals surface area contributed by atoms with Crippen molar-refractivity contribution in [2.75, 3.05) is 6.61 Å². The molecular formula is C26H32O6. The maximum atomic E-state index is 11.8. The molecule has 6 heteroatoms. The molecule has 2 aromatic rings. The van der Waals surface area contributed by atoms with E-state index in [1.54, 1.807) is 12.1 Å². The molecule has 6 nitrogen and oxygen atoms in total. The number of ether oxygens (including phenoxy) is 2. The van der Waals surface area contributed by atoms with Crippen LogP contribution in [0, 0.1) is 22.7 Å². The first-order chi connectivity index (χ1) is 15.0. The van der Waals surface area contributed by atoms with Crippen LogP contribution in [0.15, 0.2) is 51.2 Å². The van der Waals surface area contributed by atoms with Gasteiger partial charge in [-0.3, -0.25) is 4.79 Å². The van der Waals surface area contributed by atoms with Gasteiger partial charge < -0.3 is 19.0 Å². The van der Waals surface area contributed by atoms with Crippen LogP contribution in [0.5, 0.6) is 5.75 Å². The van der Waals surface area contributed by atoms with Crippen molar-refractivity contribution in [2.45, 2.75) is 59.7 Å². The highest BCUT2D eigenvalue weighted by molar-refractivity contribution is 5.77. The Kier molecular flexibility index (Phi) is 5.70. The second kappa shape index (κ2) is 8.07. The fourth-order valence-electron chi connectivity index (χ4n) is 6.14. The summed E-state index contributed by atoms with van der Waals surface area (Å²) in [5.74, 6) is 0.362. The number of benzene rings is 1. The van der Waals surface area contributed by atoms with Crippen molar-refractivity contribution >= 4 is 16.9 Å². The van der Waals surface area contributed by atoms with Crippen molar-refractivity contribution < 1.29 is 23.8 Å². The Morgan fingerprint density at radius 1 is 1.22 bits per heavy atom. The van der Waals surface area contributed by atoms with Gasteiger partial charge in [0, 0.05) is 36.3 Å². The van der Waals surface area contributed by atoms with Gasteiger partial charge in [-0.2, -0.15) is 0 Å². The monoisotopic (exact) mass is 440 g/mol. The van der Waals surface area contributed by atoms with Gasteiger partial charge in [-0.05, 0) is 54.9 Å². The third kappa shape index (κ3) is 3.85. The molecule has 5 atom stereocenters. The highest BCUT2D eigenvalue weighted by Gasteiger charge is 2.59. The zero-order chi connectivity index (χ0) is 23.3. The number of esters is 1. The molecule has 5 unspecified atom stereocenters. The van der Waals surface area contributed by atoms with Crippen LogP contribution in [0.25, 0.3) is 11.0 Å². The number of hydrogen-bond donors (Lipinski definition) is 1. The molecule has 1 heterocycles. The van der Waals surface area contributed by atoms with Crippen LogP contribution in [0.3, 0.4) is 0 Å².